The molecule has 0 fully saturated rings. The van der Waals surface area contributed by atoms with Crippen LogP contribution in [-0.2, 0) is 11.3 Å². The van der Waals surface area contributed by atoms with E-state index in [1.165, 1.54) is 0 Å². The molecule has 2 N–H and O–H groups in total. The highest BCUT2D eigenvalue weighted by molar-refractivity contribution is 6.30. The first-order valence-corrected chi connectivity index (χ1v) is 7.77. The molecule has 0 spiro atoms. The SMILES string of the molecule is C[C@H](N[C@H](C)C(=O)NCc1ccccc1)c1ccc(Cl)cc1. The fraction of sp³-hybridized carbons (Fsp3) is 0.278. The monoisotopic (exact) mass is 316 g/mol. The summed E-state index contributed by atoms with van der Waals surface area (Å²) in [5.41, 5.74) is 2.20. The average molecular weight is 317 g/mol. The van der Waals surface area contributed by atoms with Crippen molar-refractivity contribution in [3.8, 4) is 0 Å². The van der Waals surface area contributed by atoms with Crippen molar-refractivity contribution in [3.63, 3.8) is 0 Å². The van der Waals surface area contributed by atoms with Crippen LogP contribution >= 0.6 is 11.6 Å². The molecule has 0 bridgehead atoms. The van der Waals surface area contributed by atoms with Gasteiger partial charge in [-0.25, -0.2) is 0 Å². The summed E-state index contributed by atoms with van der Waals surface area (Å²) in [6.07, 6.45) is 0. The predicted molar refractivity (Wildman–Crippen MR) is 90.8 cm³/mol. The lowest BCUT2D eigenvalue weighted by molar-refractivity contribution is -0.123. The Morgan fingerprint density at radius 3 is 2.32 bits per heavy atom. The minimum atomic E-state index is -0.269. The van der Waals surface area contributed by atoms with Gasteiger partial charge in [0.1, 0.15) is 0 Å². The largest absolute Gasteiger partial charge is 0.351 e. The van der Waals surface area contributed by atoms with Gasteiger partial charge in [-0.15, -0.1) is 0 Å². The molecule has 0 aliphatic heterocycles. The van der Waals surface area contributed by atoms with Gasteiger partial charge in [0.15, 0.2) is 0 Å². The van der Waals surface area contributed by atoms with Gasteiger partial charge in [-0.1, -0.05) is 54.1 Å². The Hall–Kier alpha value is -1.84. The Bertz CT molecular complexity index is 598. The zero-order valence-electron chi connectivity index (χ0n) is 12.8. The molecular formula is C18H21ClN2O. The second-order valence-electron chi connectivity index (χ2n) is 5.36. The third-order valence-corrected chi connectivity index (χ3v) is 3.82. The number of nitrogens with one attached hydrogen (secondary N) is 2. The maximum absolute atomic E-state index is 12.1. The summed E-state index contributed by atoms with van der Waals surface area (Å²) in [6.45, 7) is 4.44. The van der Waals surface area contributed by atoms with Crippen LogP contribution in [0.4, 0.5) is 0 Å². The summed E-state index contributed by atoms with van der Waals surface area (Å²) in [5, 5.41) is 6.95. The molecule has 116 valence electrons. The first-order valence-electron chi connectivity index (χ1n) is 7.39. The third-order valence-electron chi connectivity index (χ3n) is 3.57. The van der Waals surface area contributed by atoms with Crippen LogP contribution in [0.5, 0.6) is 0 Å². The van der Waals surface area contributed by atoms with Crippen LogP contribution < -0.4 is 10.6 Å². The summed E-state index contributed by atoms with van der Waals surface area (Å²) in [4.78, 5) is 12.1. The number of hydrogen-bond donors (Lipinski definition) is 2. The molecule has 0 aromatic heterocycles. The maximum Gasteiger partial charge on any atom is 0.237 e. The molecule has 2 aromatic carbocycles. The highest BCUT2D eigenvalue weighted by Crippen LogP contribution is 2.16. The van der Waals surface area contributed by atoms with Crippen LogP contribution in [0.3, 0.4) is 0 Å². The molecule has 4 heteroatoms. The Morgan fingerprint density at radius 1 is 1.05 bits per heavy atom. The van der Waals surface area contributed by atoms with Crippen LogP contribution in [0, 0.1) is 0 Å². The van der Waals surface area contributed by atoms with E-state index in [2.05, 4.69) is 10.6 Å². The van der Waals surface area contributed by atoms with Crippen molar-refractivity contribution in [3.05, 3.63) is 70.7 Å². The summed E-state index contributed by atoms with van der Waals surface area (Å²) >= 11 is 5.89. The standard InChI is InChI=1S/C18H21ClN2O/c1-13(16-8-10-17(19)11-9-16)21-14(2)18(22)20-12-15-6-4-3-5-7-15/h3-11,13-14,21H,12H2,1-2H3,(H,20,22)/t13-,14+/m0/s1. The number of hydrogen-bond acceptors (Lipinski definition) is 2. The number of halogens is 1. The van der Waals surface area contributed by atoms with Crippen molar-refractivity contribution >= 4 is 17.5 Å². The van der Waals surface area contributed by atoms with Gasteiger partial charge in [0.05, 0.1) is 6.04 Å². The normalized spacial score (nSPS) is 13.4. The van der Waals surface area contributed by atoms with E-state index in [9.17, 15) is 4.79 Å². The number of benzene rings is 2. The van der Waals surface area contributed by atoms with Crippen molar-refractivity contribution < 1.29 is 4.79 Å². The molecule has 22 heavy (non-hydrogen) atoms. The fourth-order valence-corrected chi connectivity index (χ4v) is 2.36. The van der Waals surface area contributed by atoms with Gasteiger partial charge >= 0.3 is 0 Å². The van der Waals surface area contributed by atoms with E-state index in [1.807, 2.05) is 68.4 Å². The summed E-state index contributed by atoms with van der Waals surface area (Å²) < 4.78 is 0. The lowest BCUT2D eigenvalue weighted by Gasteiger charge is -2.20. The molecule has 0 radical (unpaired) electrons. The molecule has 0 saturated heterocycles. The van der Waals surface area contributed by atoms with Crippen molar-refractivity contribution in [2.45, 2.75) is 32.5 Å². The summed E-state index contributed by atoms with van der Waals surface area (Å²) in [5.74, 6) is -0.00957. The molecule has 2 aromatic rings. The highest BCUT2D eigenvalue weighted by atomic mass is 35.5. The van der Waals surface area contributed by atoms with E-state index in [0.717, 1.165) is 11.1 Å². The van der Waals surface area contributed by atoms with Crippen molar-refractivity contribution in [2.75, 3.05) is 0 Å². The fourth-order valence-electron chi connectivity index (χ4n) is 2.24. The number of rotatable bonds is 6. The molecule has 1 amide bonds. The second kappa shape index (κ2) is 7.97. The van der Waals surface area contributed by atoms with Crippen molar-refractivity contribution in [2.24, 2.45) is 0 Å². The topological polar surface area (TPSA) is 41.1 Å². The van der Waals surface area contributed by atoms with Gasteiger partial charge in [0, 0.05) is 17.6 Å². The number of carbonyl (C=O) groups excluding carboxylic acids is 1. The van der Waals surface area contributed by atoms with Gasteiger partial charge in [-0.05, 0) is 37.1 Å². The van der Waals surface area contributed by atoms with Crippen LogP contribution in [0.1, 0.15) is 31.0 Å². The van der Waals surface area contributed by atoms with Crippen molar-refractivity contribution in [1.29, 1.82) is 0 Å². The van der Waals surface area contributed by atoms with E-state index in [4.69, 9.17) is 11.6 Å². The Balaban J connectivity index is 1.84. The molecule has 0 aliphatic carbocycles. The molecule has 2 atom stereocenters. The minimum absolute atomic E-state index is 0.00957. The third kappa shape index (κ3) is 4.86. The first kappa shape index (κ1) is 16.5. The number of amides is 1. The Kier molecular flexibility index (Phi) is 5.99. The predicted octanol–water partition coefficient (Wildman–Crippen LogP) is 3.70. The van der Waals surface area contributed by atoms with Gasteiger partial charge in [0.2, 0.25) is 5.91 Å². The lowest BCUT2D eigenvalue weighted by Crippen LogP contribution is -2.42. The van der Waals surface area contributed by atoms with Gasteiger partial charge < -0.3 is 5.32 Å². The first-order chi connectivity index (χ1) is 10.6. The van der Waals surface area contributed by atoms with Crippen molar-refractivity contribution in [1.82, 2.24) is 10.6 Å². The molecule has 0 aliphatic rings. The Morgan fingerprint density at radius 2 is 1.68 bits per heavy atom. The Labute approximate surface area is 136 Å². The summed E-state index contributed by atoms with van der Waals surface area (Å²) in [6, 6.07) is 17.3. The van der Waals surface area contributed by atoms with Crippen LogP contribution in [0.2, 0.25) is 5.02 Å². The average Bonchev–Trinajstić information content (AvgIpc) is 2.54. The minimum Gasteiger partial charge on any atom is -0.351 e. The molecular weight excluding hydrogens is 296 g/mol. The lowest BCUT2D eigenvalue weighted by atomic mass is 10.1. The number of carbonyl (C=O) groups is 1. The van der Waals surface area contributed by atoms with Gasteiger partial charge in [-0.3, -0.25) is 10.1 Å². The molecule has 0 saturated carbocycles. The van der Waals surface area contributed by atoms with E-state index < -0.39 is 0 Å². The molecule has 3 nitrogen and oxygen atoms in total. The van der Waals surface area contributed by atoms with Gasteiger partial charge in [0.25, 0.3) is 0 Å². The zero-order valence-corrected chi connectivity index (χ0v) is 13.6. The van der Waals surface area contributed by atoms with E-state index in [1.54, 1.807) is 0 Å². The van der Waals surface area contributed by atoms with Crippen LogP contribution in [-0.4, -0.2) is 11.9 Å². The maximum atomic E-state index is 12.1. The molecule has 2 rings (SSSR count). The highest BCUT2D eigenvalue weighted by Gasteiger charge is 2.15. The van der Waals surface area contributed by atoms with Gasteiger partial charge in [-0.2, -0.15) is 0 Å². The second-order valence-corrected chi connectivity index (χ2v) is 5.80. The molecule has 0 unspecified atom stereocenters. The van der Waals surface area contributed by atoms with E-state index >= 15 is 0 Å². The smallest absolute Gasteiger partial charge is 0.237 e. The quantitative estimate of drug-likeness (QED) is 0.853. The van der Waals surface area contributed by atoms with E-state index in [-0.39, 0.29) is 18.0 Å². The summed E-state index contributed by atoms with van der Waals surface area (Å²) in [7, 11) is 0. The zero-order chi connectivity index (χ0) is 15.9. The van der Waals surface area contributed by atoms with Crippen LogP contribution in [0.15, 0.2) is 54.6 Å². The van der Waals surface area contributed by atoms with Crippen LogP contribution in [0.25, 0.3) is 0 Å². The molecule has 0 heterocycles. The van der Waals surface area contributed by atoms with E-state index in [0.29, 0.717) is 11.6 Å².